The first-order valence-electron chi connectivity index (χ1n) is 9.54. The van der Waals surface area contributed by atoms with Crippen LogP contribution in [0.2, 0.25) is 0 Å². The van der Waals surface area contributed by atoms with E-state index < -0.39 is 0 Å². The molecule has 2 rings (SSSR count). The lowest BCUT2D eigenvalue weighted by molar-refractivity contribution is -0.0318. The molecule has 27 heavy (non-hydrogen) atoms. The standard InChI is InChI=1S/C20H33N3O3.HI/c1-4-21-20(22-12-5-13-26-19-10-14-25-15-11-19)23(2)16-17-6-8-18(24-3)9-7-17;/h6-9,19H,4-5,10-16H2,1-3H3,(H,21,22);1H. The van der Waals surface area contributed by atoms with Crippen LogP contribution in [0.1, 0.15) is 31.7 Å². The number of nitrogens with one attached hydrogen (secondary N) is 1. The highest BCUT2D eigenvalue weighted by Crippen LogP contribution is 2.13. The Labute approximate surface area is 180 Å². The van der Waals surface area contributed by atoms with E-state index in [9.17, 15) is 0 Å². The van der Waals surface area contributed by atoms with Crippen LogP contribution in [0.25, 0.3) is 0 Å². The summed E-state index contributed by atoms with van der Waals surface area (Å²) in [6.07, 6.45) is 3.31. The van der Waals surface area contributed by atoms with Crippen molar-refractivity contribution in [3.05, 3.63) is 29.8 Å². The molecular formula is C20H34IN3O3. The van der Waals surface area contributed by atoms with Crippen LogP contribution in [0, 0.1) is 0 Å². The van der Waals surface area contributed by atoms with Gasteiger partial charge in [-0.2, -0.15) is 0 Å². The molecule has 0 atom stereocenters. The first-order valence-corrected chi connectivity index (χ1v) is 9.54. The molecule has 1 saturated heterocycles. The van der Waals surface area contributed by atoms with Gasteiger partial charge in [0, 0.05) is 46.5 Å². The van der Waals surface area contributed by atoms with E-state index in [4.69, 9.17) is 19.2 Å². The molecule has 0 unspecified atom stereocenters. The largest absolute Gasteiger partial charge is 0.497 e. The second-order valence-corrected chi connectivity index (χ2v) is 6.48. The lowest BCUT2D eigenvalue weighted by Crippen LogP contribution is -2.38. The molecule has 0 spiro atoms. The third kappa shape index (κ3) is 9.12. The van der Waals surface area contributed by atoms with Crippen molar-refractivity contribution in [2.24, 2.45) is 4.99 Å². The van der Waals surface area contributed by atoms with Crippen LogP contribution in [0.15, 0.2) is 29.3 Å². The van der Waals surface area contributed by atoms with Crippen molar-refractivity contribution in [1.82, 2.24) is 10.2 Å². The van der Waals surface area contributed by atoms with Crippen molar-refractivity contribution >= 4 is 29.9 Å². The maximum atomic E-state index is 5.91. The normalized spacial score (nSPS) is 15.1. The molecule has 1 aromatic rings. The van der Waals surface area contributed by atoms with E-state index in [1.807, 2.05) is 12.1 Å². The van der Waals surface area contributed by atoms with Gasteiger partial charge in [0.05, 0.1) is 13.2 Å². The molecule has 0 aromatic heterocycles. The number of aliphatic imine (C=N–C) groups is 1. The van der Waals surface area contributed by atoms with Crippen LogP contribution in [-0.2, 0) is 16.0 Å². The molecule has 7 heteroatoms. The molecule has 0 radical (unpaired) electrons. The Morgan fingerprint density at radius 1 is 1.26 bits per heavy atom. The highest BCUT2D eigenvalue weighted by molar-refractivity contribution is 14.0. The Balaban J connectivity index is 0.00000364. The van der Waals surface area contributed by atoms with Gasteiger partial charge in [-0.25, -0.2) is 0 Å². The van der Waals surface area contributed by atoms with Gasteiger partial charge in [0.15, 0.2) is 5.96 Å². The third-order valence-electron chi connectivity index (χ3n) is 4.36. The first-order chi connectivity index (χ1) is 12.7. The highest BCUT2D eigenvalue weighted by Gasteiger charge is 2.13. The Morgan fingerprint density at radius 3 is 2.59 bits per heavy atom. The molecule has 1 aromatic carbocycles. The predicted molar refractivity (Wildman–Crippen MR) is 120 cm³/mol. The summed E-state index contributed by atoms with van der Waals surface area (Å²) in [7, 11) is 3.74. The smallest absolute Gasteiger partial charge is 0.193 e. The fourth-order valence-electron chi connectivity index (χ4n) is 2.89. The third-order valence-corrected chi connectivity index (χ3v) is 4.36. The monoisotopic (exact) mass is 491 g/mol. The van der Waals surface area contributed by atoms with Gasteiger partial charge in [-0.15, -0.1) is 24.0 Å². The summed E-state index contributed by atoms with van der Waals surface area (Å²) in [5.74, 6) is 1.80. The number of hydrogen-bond acceptors (Lipinski definition) is 4. The van der Waals surface area contributed by atoms with Crippen LogP contribution < -0.4 is 10.1 Å². The van der Waals surface area contributed by atoms with E-state index in [1.165, 1.54) is 5.56 Å². The van der Waals surface area contributed by atoms with Crippen molar-refractivity contribution in [3.63, 3.8) is 0 Å². The van der Waals surface area contributed by atoms with Crippen LogP contribution in [0.4, 0.5) is 0 Å². The summed E-state index contributed by atoms with van der Waals surface area (Å²) in [6, 6.07) is 8.14. The zero-order valence-corrected chi connectivity index (χ0v) is 19.1. The maximum absolute atomic E-state index is 5.91. The molecule has 0 amide bonds. The van der Waals surface area contributed by atoms with E-state index in [0.717, 1.165) is 70.4 Å². The van der Waals surface area contributed by atoms with Gasteiger partial charge in [0.25, 0.3) is 0 Å². The Kier molecular flexibility index (Phi) is 12.4. The molecule has 1 aliphatic heterocycles. The van der Waals surface area contributed by atoms with Gasteiger partial charge in [0.1, 0.15) is 5.75 Å². The van der Waals surface area contributed by atoms with Crippen LogP contribution in [0.5, 0.6) is 5.75 Å². The molecule has 6 nitrogen and oxygen atoms in total. The molecule has 0 bridgehead atoms. The summed E-state index contributed by atoms with van der Waals surface area (Å²) in [5, 5.41) is 3.36. The van der Waals surface area contributed by atoms with E-state index in [2.05, 4.69) is 36.3 Å². The SMILES string of the molecule is CCNC(=NCCCOC1CCOCC1)N(C)Cc1ccc(OC)cc1.I. The molecule has 1 fully saturated rings. The summed E-state index contributed by atoms with van der Waals surface area (Å²) in [5.41, 5.74) is 1.22. The van der Waals surface area contributed by atoms with Crippen molar-refractivity contribution in [1.29, 1.82) is 0 Å². The lowest BCUT2D eigenvalue weighted by atomic mass is 10.1. The minimum Gasteiger partial charge on any atom is -0.497 e. The molecule has 1 heterocycles. The van der Waals surface area contributed by atoms with E-state index in [-0.39, 0.29) is 24.0 Å². The fourth-order valence-corrected chi connectivity index (χ4v) is 2.89. The van der Waals surface area contributed by atoms with Gasteiger partial charge in [-0.05, 0) is 43.9 Å². The van der Waals surface area contributed by atoms with Gasteiger partial charge in [-0.3, -0.25) is 4.99 Å². The molecule has 0 saturated carbocycles. The number of benzene rings is 1. The number of rotatable bonds is 9. The number of nitrogens with zero attached hydrogens (tertiary/aromatic N) is 2. The second-order valence-electron chi connectivity index (χ2n) is 6.48. The molecule has 0 aliphatic carbocycles. The fraction of sp³-hybridized carbons (Fsp3) is 0.650. The second kappa shape index (κ2) is 14.0. The highest BCUT2D eigenvalue weighted by atomic mass is 127. The minimum absolute atomic E-state index is 0. The predicted octanol–water partition coefficient (Wildman–Crippen LogP) is 3.30. The first kappa shape index (κ1) is 24.0. The van der Waals surface area contributed by atoms with Gasteiger partial charge >= 0.3 is 0 Å². The summed E-state index contributed by atoms with van der Waals surface area (Å²) in [4.78, 5) is 6.87. The average Bonchev–Trinajstić information content (AvgIpc) is 2.68. The Morgan fingerprint density at radius 2 is 1.96 bits per heavy atom. The van der Waals surface area contributed by atoms with E-state index >= 15 is 0 Å². The summed E-state index contributed by atoms with van der Waals surface area (Å²) in [6.45, 7) is 6.91. The number of halogens is 1. The number of methoxy groups -OCH3 is 1. The topological polar surface area (TPSA) is 55.3 Å². The molecular weight excluding hydrogens is 457 g/mol. The zero-order chi connectivity index (χ0) is 18.6. The van der Waals surface area contributed by atoms with Crippen molar-refractivity contribution < 1.29 is 14.2 Å². The van der Waals surface area contributed by atoms with Gasteiger partial charge in [-0.1, -0.05) is 12.1 Å². The summed E-state index contributed by atoms with van der Waals surface area (Å²) < 4.78 is 16.5. The van der Waals surface area contributed by atoms with Crippen LogP contribution in [0.3, 0.4) is 0 Å². The molecule has 1 aliphatic rings. The number of hydrogen-bond donors (Lipinski definition) is 1. The van der Waals surface area contributed by atoms with Crippen molar-refractivity contribution in [3.8, 4) is 5.75 Å². The minimum atomic E-state index is 0. The number of guanidine groups is 1. The van der Waals surface area contributed by atoms with Crippen molar-refractivity contribution in [2.75, 3.05) is 47.1 Å². The van der Waals surface area contributed by atoms with E-state index in [1.54, 1.807) is 7.11 Å². The lowest BCUT2D eigenvalue weighted by Gasteiger charge is -2.23. The molecule has 154 valence electrons. The number of ether oxygens (including phenoxy) is 3. The Bertz CT molecular complexity index is 534. The quantitative estimate of drug-likeness (QED) is 0.249. The van der Waals surface area contributed by atoms with Crippen molar-refractivity contribution in [2.45, 2.75) is 38.8 Å². The van der Waals surface area contributed by atoms with Gasteiger partial charge in [0.2, 0.25) is 0 Å². The molecule has 1 N–H and O–H groups in total. The van der Waals surface area contributed by atoms with Gasteiger partial charge < -0.3 is 24.4 Å². The summed E-state index contributed by atoms with van der Waals surface area (Å²) >= 11 is 0. The maximum Gasteiger partial charge on any atom is 0.193 e. The average molecular weight is 491 g/mol. The van der Waals surface area contributed by atoms with Crippen LogP contribution in [-0.4, -0.2) is 64.0 Å². The Hall–Kier alpha value is -1.06. The zero-order valence-electron chi connectivity index (χ0n) is 16.8. The van der Waals surface area contributed by atoms with E-state index in [0.29, 0.717) is 6.10 Å². The van der Waals surface area contributed by atoms with Crippen LogP contribution >= 0.6 is 24.0 Å².